The minimum Gasteiger partial charge on any atom is -0.508 e. The molecule has 1 aromatic carbocycles. The number of aromatic hydroxyl groups is 1. The highest BCUT2D eigenvalue weighted by molar-refractivity contribution is 5.40. The van der Waals surface area contributed by atoms with Crippen LogP contribution in [0.1, 0.15) is 58.8 Å². The van der Waals surface area contributed by atoms with Crippen molar-refractivity contribution in [3.8, 4) is 5.75 Å². The smallest absolute Gasteiger partial charge is 0.115 e. The van der Waals surface area contributed by atoms with Crippen LogP contribution in [0.25, 0.3) is 0 Å². The summed E-state index contributed by atoms with van der Waals surface area (Å²) in [5, 5.41) is 20.3. The molecule has 0 spiro atoms. The van der Waals surface area contributed by atoms with Crippen LogP contribution in [-0.4, -0.2) is 16.3 Å². The van der Waals surface area contributed by atoms with E-state index in [2.05, 4.69) is 6.92 Å². The fourth-order valence-electron chi connectivity index (χ4n) is 5.38. The summed E-state index contributed by atoms with van der Waals surface area (Å²) in [6.07, 6.45) is 5.79. The summed E-state index contributed by atoms with van der Waals surface area (Å²) in [6, 6.07) is 2.05. The molecule has 20 heavy (non-hydrogen) atoms. The monoisotopic (exact) mass is 274 g/mol. The minimum absolute atomic E-state index is 0.0587. The van der Waals surface area contributed by atoms with Gasteiger partial charge in [-0.05, 0) is 84.9 Å². The molecule has 2 heteroatoms. The SMILES string of the molecule is [2H]c1cc2c(c([2H])c1O)CC[C@H]1[C@@H]2CC[C@]2(C)[C@H](O)CC[C@@H]12. The molecule has 108 valence electrons. The third-order valence-electron chi connectivity index (χ3n) is 6.50. The normalized spacial score (nSPS) is 44.1. The fraction of sp³-hybridized carbons (Fsp3) is 0.667. The number of benzene rings is 1. The molecule has 0 unspecified atom stereocenters. The van der Waals surface area contributed by atoms with Crippen LogP contribution in [0.15, 0.2) is 18.2 Å². The lowest BCUT2D eigenvalue weighted by molar-refractivity contribution is -0.0226. The van der Waals surface area contributed by atoms with Gasteiger partial charge in [0, 0.05) is 0 Å². The van der Waals surface area contributed by atoms with Gasteiger partial charge in [0.1, 0.15) is 5.75 Å². The van der Waals surface area contributed by atoms with Crippen LogP contribution in [0, 0.1) is 17.3 Å². The second-order valence-corrected chi connectivity index (χ2v) is 7.25. The van der Waals surface area contributed by atoms with Gasteiger partial charge in [-0.15, -0.1) is 0 Å². The number of hydrogen-bond acceptors (Lipinski definition) is 2. The van der Waals surface area contributed by atoms with Crippen molar-refractivity contribution < 1.29 is 13.0 Å². The Labute approximate surface area is 123 Å². The van der Waals surface area contributed by atoms with Crippen LogP contribution in [0.5, 0.6) is 5.75 Å². The third-order valence-corrected chi connectivity index (χ3v) is 6.50. The summed E-state index contributed by atoms with van der Waals surface area (Å²) in [5.41, 5.74) is 2.15. The van der Waals surface area contributed by atoms with Crippen molar-refractivity contribution in [3.05, 3.63) is 29.3 Å². The summed E-state index contributed by atoms with van der Waals surface area (Å²) >= 11 is 0. The van der Waals surface area contributed by atoms with Crippen LogP contribution >= 0.6 is 0 Å². The molecule has 4 rings (SSSR count). The number of aliphatic hydroxyl groups excluding tert-OH is 1. The topological polar surface area (TPSA) is 40.5 Å². The van der Waals surface area contributed by atoms with Gasteiger partial charge in [0.2, 0.25) is 0 Å². The van der Waals surface area contributed by atoms with Crippen molar-refractivity contribution in [3.63, 3.8) is 0 Å². The third kappa shape index (κ3) is 1.60. The molecule has 0 aromatic heterocycles. The highest BCUT2D eigenvalue weighted by Gasteiger charge is 2.54. The zero-order valence-electron chi connectivity index (χ0n) is 14.0. The Morgan fingerprint density at radius 3 is 3.00 bits per heavy atom. The predicted octanol–water partition coefficient (Wildman–Crippen LogP) is 3.61. The first kappa shape index (κ1) is 10.7. The highest BCUT2D eigenvalue weighted by atomic mass is 16.3. The molecular weight excluding hydrogens is 248 g/mol. The van der Waals surface area contributed by atoms with Gasteiger partial charge in [-0.3, -0.25) is 0 Å². The van der Waals surface area contributed by atoms with Crippen molar-refractivity contribution in [1.29, 1.82) is 0 Å². The summed E-state index contributed by atoms with van der Waals surface area (Å²) in [6.45, 7) is 2.25. The van der Waals surface area contributed by atoms with Gasteiger partial charge in [0.25, 0.3) is 0 Å². The zero-order valence-corrected chi connectivity index (χ0v) is 12.0. The largest absolute Gasteiger partial charge is 0.508 e. The number of phenols is 1. The Bertz CT molecular complexity index is 630. The molecule has 2 N–H and O–H groups in total. The van der Waals surface area contributed by atoms with E-state index in [0.717, 1.165) is 49.7 Å². The Balaban J connectivity index is 1.76. The average Bonchev–Trinajstić information content (AvgIpc) is 2.80. The predicted molar refractivity (Wildman–Crippen MR) is 78.7 cm³/mol. The molecule has 1 aromatic rings. The van der Waals surface area contributed by atoms with Crippen LogP contribution in [0.2, 0.25) is 0 Å². The van der Waals surface area contributed by atoms with Gasteiger partial charge in [0.15, 0.2) is 0 Å². The minimum atomic E-state index is -0.172. The molecule has 0 radical (unpaired) electrons. The van der Waals surface area contributed by atoms with E-state index in [1.54, 1.807) is 6.07 Å². The number of phenolic OH excluding ortho intramolecular Hbond substituents is 1. The summed E-state index contributed by atoms with van der Waals surface area (Å²) in [7, 11) is 0. The molecule has 0 heterocycles. The lowest BCUT2D eigenvalue weighted by Crippen LogP contribution is -2.43. The highest BCUT2D eigenvalue weighted by Crippen LogP contribution is 2.60. The van der Waals surface area contributed by atoms with Crippen LogP contribution in [0.4, 0.5) is 0 Å². The van der Waals surface area contributed by atoms with Crippen molar-refractivity contribution in [2.75, 3.05) is 0 Å². The first-order valence-electron chi connectivity index (χ1n) is 8.93. The summed E-state index contributed by atoms with van der Waals surface area (Å²) in [5.74, 6) is 1.35. The van der Waals surface area contributed by atoms with Crippen LogP contribution < -0.4 is 0 Å². The lowest BCUT2D eigenvalue weighted by Gasteiger charge is -2.50. The van der Waals surface area contributed by atoms with E-state index in [-0.39, 0.29) is 29.4 Å². The van der Waals surface area contributed by atoms with Gasteiger partial charge in [-0.1, -0.05) is 13.0 Å². The Hall–Kier alpha value is -1.02. The lowest BCUT2D eigenvalue weighted by atomic mass is 9.55. The fourth-order valence-corrected chi connectivity index (χ4v) is 5.38. The number of rotatable bonds is 0. The summed E-state index contributed by atoms with van der Waals surface area (Å²) < 4.78 is 16.0. The van der Waals surface area contributed by atoms with Crippen LogP contribution in [0.3, 0.4) is 0 Å². The molecule has 5 atom stereocenters. The van der Waals surface area contributed by atoms with E-state index in [0.29, 0.717) is 17.8 Å². The van der Waals surface area contributed by atoms with Crippen molar-refractivity contribution >= 4 is 0 Å². The molecule has 0 aliphatic heterocycles. The second kappa shape index (κ2) is 4.24. The van der Waals surface area contributed by atoms with E-state index in [1.165, 1.54) is 0 Å². The zero-order chi connectivity index (χ0) is 15.6. The molecule has 0 bridgehead atoms. The molecule has 0 saturated heterocycles. The van der Waals surface area contributed by atoms with Gasteiger partial charge in [-0.2, -0.15) is 0 Å². The Kier molecular flexibility index (Phi) is 2.26. The summed E-state index contributed by atoms with van der Waals surface area (Å²) in [4.78, 5) is 0. The first-order chi connectivity index (χ1) is 10.4. The standard InChI is InChI=1S/C18H24O2/c1-18-9-8-14-13-5-3-12(19)10-11(13)2-4-15(14)16(18)6-7-17(18)20/h3,5,10,14-17,19-20H,2,4,6-9H2,1H3/t14-,15+,16+,17-,18+/m1/s1/i3D,10D. The maximum Gasteiger partial charge on any atom is 0.115 e. The molecule has 0 amide bonds. The first-order valence-corrected chi connectivity index (χ1v) is 7.93. The molecule has 2 saturated carbocycles. The average molecular weight is 274 g/mol. The van der Waals surface area contributed by atoms with Gasteiger partial charge in [-0.25, -0.2) is 0 Å². The molecule has 2 fully saturated rings. The Morgan fingerprint density at radius 2 is 2.15 bits per heavy atom. The maximum atomic E-state index is 10.4. The maximum absolute atomic E-state index is 10.4. The Morgan fingerprint density at radius 1 is 1.30 bits per heavy atom. The van der Waals surface area contributed by atoms with Gasteiger partial charge < -0.3 is 10.2 Å². The molecule has 3 aliphatic carbocycles. The van der Waals surface area contributed by atoms with E-state index in [1.807, 2.05) is 0 Å². The van der Waals surface area contributed by atoms with Gasteiger partial charge >= 0.3 is 0 Å². The van der Waals surface area contributed by atoms with Crippen LogP contribution in [-0.2, 0) is 6.42 Å². The number of fused-ring (bicyclic) bond motifs is 5. The van der Waals surface area contributed by atoms with Gasteiger partial charge in [0.05, 0.1) is 8.85 Å². The number of aliphatic hydroxyl groups is 1. The molecular formula is C18H24O2. The number of hydrogen-bond donors (Lipinski definition) is 2. The van der Waals surface area contributed by atoms with Crippen molar-refractivity contribution in [2.45, 2.75) is 57.5 Å². The molecule has 2 nitrogen and oxygen atoms in total. The molecule has 3 aliphatic rings. The van der Waals surface area contributed by atoms with E-state index < -0.39 is 0 Å². The van der Waals surface area contributed by atoms with E-state index >= 15 is 0 Å². The van der Waals surface area contributed by atoms with E-state index in [4.69, 9.17) is 2.74 Å². The van der Waals surface area contributed by atoms with Crippen molar-refractivity contribution in [1.82, 2.24) is 0 Å². The van der Waals surface area contributed by atoms with E-state index in [9.17, 15) is 10.2 Å². The van der Waals surface area contributed by atoms with Crippen molar-refractivity contribution in [2.24, 2.45) is 17.3 Å². The quantitative estimate of drug-likeness (QED) is 0.758. The second-order valence-electron chi connectivity index (χ2n) is 7.25.